The van der Waals surface area contributed by atoms with Gasteiger partial charge in [-0.25, -0.2) is 4.98 Å². The summed E-state index contributed by atoms with van der Waals surface area (Å²) in [5.41, 5.74) is 7.30. The fourth-order valence-electron chi connectivity index (χ4n) is 4.43. The maximum absolute atomic E-state index is 12.8. The van der Waals surface area contributed by atoms with E-state index in [1.807, 2.05) is 0 Å². The summed E-state index contributed by atoms with van der Waals surface area (Å²) in [6.07, 6.45) is 13.7. The molecule has 2 amide bonds. The Morgan fingerprint density at radius 1 is 1.21 bits per heavy atom. The van der Waals surface area contributed by atoms with Crippen molar-refractivity contribution in [3.8, 4) is 0 Å². The van der Waals surface area contributed by atoms with Gasteiger partial charge in [0.25, 0.3) is 0 Å². The van der Waals surface area contributed by atoms with E-state index in [0.29, 0.717) is 19.0 Å². The summed E-state index contributed by atoms with van der Waals surface area (Å²) < 4.78 is 0. The van der Waals surface area contributed by atoms with Crippen molar-refractivity contribution in [3.63, 3.8) is 0 Å². The highest BCUT2D eigenvalue weighted by molar-refractivity contribution is 5.90. The number of amides is 2. The Morgan fingerprint density at radius 2 is 1.97 bits per heavy atom. The van der Waals surface area contributed by atoms with Crippen molar-refractivity contribution in [1.29, 1.82) is 0 Å². The number of aryl methyl sites for hydroxylation is 1. The van der Waals surface area contributed by atoms with E-state index >= 15 is 0 Å². The van der Waals surface area contributed by atoms with E-state index in [1.54, 1.807) is 17.4 Å². The highest BCUT2D eigenvalue weighted by atomic mass is 35.5. The fraction of sp³-hybridized carbons (Fsp3) is 0.750. The van der Waals surface area contributed by atoms with Crippen molar-refractivity contribution >= 4 is 36.6 Å². The zero-order chi connectivity index (χ0) is 19.1. The minimum Gasteiger partial charge on any atom is -0.354 e. The summed E-state index contributed by atoms with van der Waals surface area (Å²) in [7, 11) is 0. The molecule has 0 aromatic carbocycles. The third kappa shape index (κ3) is 7.46. The molecule has 1 aromatic rings. The lowest BCUT2D eigenvalue weighted by atomic mass is 9.84. The average Bonchev–Trinajstić information content (AvgIpc) is 3.37. The van der Waals surface area contributed by atoms with Gasteiger partial charge in [0.1, 0.15) is 6.04 Å². The molecule has 0 spiro atoms. The number of H-pyrrole nitrogens is 1. The maximum atomic E-state index is 12.8. The predicted octanol–water partition coefficient (Wildman–Crippen LogP) is 2.59. The summed E-state index contributed by atoms with van der Waals surface area (Å²) in [5, 5.41) is 2.98. The van der Waals surface area contributed by atoms with Crippen molar-refractivity contribution in [1.82, 2.24) is 20.2 Å². The molecule has 1 saturated heterocycles. The van der Waals surface area contributed by atoms with Gasteiger partial charge in [-0.2, -0.15) is 0 Å². The second kappa shape index (κ2) is 13.1. The average molecular weight is 448 g/mol. The molecule has 0 radical (unpaired) electrons. The number of carbonyl (C=O) groups is 2. The number of rotatable bonds is 8. The smallest absolute Gasteiger partial charge is 0.242 e. The van der Waals surface area contributed by atoms with Gasteiger partial charge in [-0.3, -0.25) is 9.59 Å². The second-order valence-electron chi connectivity index (χ2n) is 8.01. The third-order valence-electron chi connectivity index (χ3n) is 5.94. The Bertz CT molecular complexity index is 608. The molecule has 2 atom stereocenters. The molecule has 0 bridgehead atoms. The lowest BCUT2D eigenvalue weighted by Crippen LogP contribution is -2.51. The monoisotopic (exact) mass is 447 g/mol. The SMILES string of the molecule is Cl.Cl.N[C@H](CC1CCCCC1)C(=O)N1CCC[C@H]1C(=O)NCCCc1cnc[nH]1. The minimum atomic E-state index is -0.470. The lowest BCUT2D eigenvalue weighted by Gasteiger charge is -2.29. The van der Waals surface area contributed by atoms with E-state index in [2.05, 4.69) is 15.3 Å². The number of nitrogens with one attached hydrogen (secondary N) is 2. The molecular formula is C20H35Cl2N5O2. The topological polar surface area (TPSA) is 104 Å². The molecule has 29 heavy (non-hydrogen) atoms. The summed E-state index contributed by atoms with van der Waals surface area (Å²) >= 11 is 0. The molecular weight excluding hydrogens is 413 g/mol. The first-order valence-corrected chi connectivity index (χ1v) is 10.5. The van der Waals surface area contributed by atoms with Crippen molar-refractivity contribution in [3.05, 3.63) is 18.2 Å². The molecule has 1 aliphatic heterocycles. The minimum absolute atomic E-state index is 0. The van der Waals surface area contributed by atoms with Gasteiger partial charge >= 0.3 is 0 Å². The van der Waals surface area contributed by atoms with Crippen LogP contribution in [0.2, 0.25) is 0 Å². The molecule has 3 rings (SSSR count). The Hall–Kier alpha value is -1.31. The quantitative estimate of drug-likeness (QED) is 0.532. The van der Waals surface area contributed by atoms with Crippen molar-refractivity contribution in [2.45, 2.75) is 76.3 Å². The molecule has 1 saturated carbocycles. The molecule has 9 heteroatoms. The highest BCUT2D eigenvalue weighted by Gasteiger charge is 2.36. The Balaban J connectivity index is 0.00000210. The van der Waals surface area contributed by atoms with Crippen molar-refractivity contribution in [2.24, 2.45) is 11.7 Å². The number of carbonyl (C=O) groups excluding carboxylic acids is 2. The van der Waals surface area contributed by atoms with Crippen LogP contribution in [0.4, 0.5) is 0 Å². The van der Waals surface area contributed by atoms with Gasteiger partial charge in [-0.1, -0.05) is 32.1 Å². The van der Waals surface area contributed by atoms with Crippen LogP contribution in [-0.4, -0.2) is 51.9 Å². The second-order valence-corrected chi connectivity index (χ2v) is 8.01. The Morgan fingerprint density at radius 3 is 2.66 bits per heavy atom. The van der Waals surface area contributed by atoms with Gasteiger partial charge < -0.3 is 20.9 Å². The van der Waals surface area contributed by atoms with Crippen LogP contribution in [0, 0.1) is 5.92 Å². The van der Waals surface area contributed by atoms with Gasteiger partial charge in [0.05, 0.1) is 12.4 Å². The van der Waals surface area contributed by atoms with E-state index in [-0.39, 0.29) is 42.7 Å². The van der Waals surface area contributed by atoms with Gasteiger partial charge in [0.15, 0.2) is 0 Å². The number of nitrogens with zero attached hydrogens (tertiary/aromatic N) is 2. The highest BCUT2D eigenvalue weighted by Crippen LogP contribution is 2.28. The maximum Gasteiger partial charge on any atom is 0.242 e. The molecule has 2 aliphatic rings. The van der Waals surface area contributed by atoms with Crippen LogP contribution in [-0.2, 0) is 16.0 Å². The van der Waals surface area contributed by atoms with Crippen LogP contribution in [0.1, 0.15) is 63.5 Å². The summed E-state index contributed by atoms with van der Waals surface area (Å²) in [5.74, 6) is 0.473. The molecule has 0 unspecified atom stereocenters. The van der Waals surface area contributed by atoms with E-state index in [9.17, 15) is 9.59 Å². The van der Waals surface area contributed by atoms with E-state index in [4.69, 9.17) is 5.73 Å². The summed E-state index contributed by atoms with van der Waals surface area (Å²) in [6, 6.07) is -0.830. The number of halogens is 2. The molecule has 7 nitrogen and oxygen atoms in total. The van der Waals surface area contributed by atoms with Crippen LogP contribution >= 0.6 is 24.8 Å². The first-order chi connectivity index (χ1) is 13.1. The number of imidazole rings is 1. The van der Waals surface area contributed by atoms with E-state index in [0.717, 1.165) is 37.8 Å². The standard InChI is InChI=1S/C20H33N5O2.2ClH/c21-17(12-15-6-2-1-3-7-15)20(27)25-11-5-9-18(25)19(26)23-10-4-8-16-13-22-14-24-16;;/h13-15,17-18H,1-12,21H2,(H,22,24)(H,23,26);2*1H/t17-,18+;;/m1../s1. The number of aromatic nitrogens is 2. The first kappa shape index (κ1) is 25.7. The fourth-order valence-corrected chi connectivity index (χ4v) is 4.43. The summed E-state index contributed by atoms with van der Waals surface area (Å²) in [4.78, 5) is 34.2. The van der Waals surface area contributed by atoms with E-state index in [1.165, 1.54) is 32.1 Å². The van der Waals surface area contributed by atoms with E-state index < -0.39 is 6.04 Å². The number of hydrogen-bond acceptors (Lipinski definition) is 4. The van der Waals surface area contributed by atoms with Crippen LogP contribution in [0.5, 0.6) is 0 Å². The lowest BCUT2D eigenvalue weighted by molar-refractivity contribution is -0.139. The van der Waals surface area contributed by atoms with Gasteiger partial charge in [0.2, 0.25) is 11.8 Å². The zero-order valence-corrected chi connectivity index (χ0v) is 18.6. The molecule has 4 N–H and O–H groups in total. The zero-order valence-electron chi connectivity index (χ0n) is 17.0. The molecule has 2 fully saturated rings. The number of likely N-dealkylation sites (tertiary alicyclic amines) is 1. The third-order valence-corrected chi connectivity index (χ3v) is 5.94. The molecule has 2 heterocycles. The number of nitrogens with two attached hydrogens (primary N) is 1. The number of aromatic amines is 1. The predicted molar refractivity (Wildman–Crippen MR) is 118 cm³/mol. The Labute approximate surface area is 185 Å². The molecule has 166 valence electrons. The number of hydrogen-bond donors (Lipinski definition) is 3. The van der Waals surface area contributed by atoms with Gasteiger partial charge in [0, 0.05) is 25.0 Å². The van der Waals surface area contributed by atoms with Crippen molar-refractivity contribution in [2.75, 3.05) is 13.1 Å². The van der Waals surface area contributed by atoms with Crippen LogP contribution in [0.25, 0.3) is 0 Å². The summed E-state index contributed by atoms with van der Waals surface area (Å²) in [6.45, 7) is 1.24. The van der Waals surface area contributed by atoms with Crippen LogP contribution in [0.15, 0.2) is 12.5 Å². The van der Waals surface area contributed by atoms with Gasteiger partial charge in [-0.05, 0) is 38.0 Å². The van der Waals surface area contributed by atoms with Gasteiger partial charge in [-0.15, -0.1) is 24.8 Å². The largest absolute Gasteiger partial charge is 0.354 e. The molecule has 1 aromatic heterocycles. The van der Waals surface area contributed by atoms with Crippen LogP contribution in [0.3, 0.4) is 0 Å². The molecule has 1 aliphatic carbocycles. The Kier molecular flexibility index (Phi) is 11.6. The van der Waals surface area contributed by atoms with Crippen molar-refractivity contribution < 1.29 is 9.59 Å². The first-order valence-electron chi connectivity index (χ1n) is 10.5. The van der Waals surface area contributed by atoms with Crippen LogP contribution < -0.4 is 11.1 Å². The normalized spacial score (nSPS) is 20.4.